The Hall–Kier alpha value is -3.39. The summed E-state index contributed by atoms with van der Waals surface area (Å²) in [4.78, 5) is 32.9. The molecular formula is C23H28O8. The molecule has 0 aromatic heterocycles. The third-order valence-electron chi connectivity index (χ3n) is 4.22. The number of hydrogen-bond donors (Lipinski definition) is 1. The number of carbonyl (C=O) groups is 3. The highest BCUT2D eigenvalue weighted by atomic mass is 16.6. The smallest absolute Gasteiger partial charge is 0.338 e. The van der Waals surface area contributed by atoms with Crippen LogP contribution in [-0.2, 0) is 14.3 Å². The van der Waals surface area contributed by atoms with Crippen LogP contribution in [0.2, 0.25) is 0 Å². The molecule has 0 bridgehead atoms. The molecule has 0 fully saturated rings. The van der Waals surface area contributed by atoms with Crippen molar-refractivity contribution in [2.75, 3.05) is 27.9 Å². The van der Waals surface area contributed by atoms with Crippen molar-refractivity contribution in [3.05, 3.63) is 59.7 Å². The molecular weight excluding hydrogens is 404 g/mol. The minimum absolute atomic E-state index is 0.116. The Bertz CT molecular complexity index is 849. The van der Waals surface area contributed by atoms with E-state index in [4.69, 9.17) is 24.1 Å². The number of hydrogen-bond acceptors (Lipinski definition) is 7. The lowest BCUT2D eigenvalue weighted by molar-refractivity contribution is -0.111. The van der Waals surface area contributed by atoms with E-state index in [0.717, 1.165) is 6.29 Å². The molecule has 0 aliphatic rings. The quantitative estimate of drug-likeness (QED) is 0.449. The molecule has 2 atom stereocenters. The highest BCUT2D eigenvalue weighted by molar-refractivity contribution is 5.89. The number of benzene rings is 2. The molecule has 2 aromatic carbocycles. The van der Waals surface area contributed by atoms with Crippen LogP contribution in [0.15, 0.2) is 48.5 Å². The van der Waals surface area contributed by atoms with Crippen LogP contribution in [0.1, 0.15) is 34.1 Å². The van der Waals surface area contributed by atoms with Crippen molar-refractivity contribution in [3.63, 3.8) is 0 Å². The predicted molar refractivity (Wildman–Crippen MR) is 114 cm³/mol. The Kier molecular flexibility index (Phi) is 11.4. The molecule has 0 amide bonds. The minimum Gasteiger partial charge on any atom is -0.497 e. The third kappa shape index (κ3) is 9.31. The van der Waals surface area contributed by atoms with Gasteiger partial charge in [-0.1, -0.05) is 19.1 Å². The van der Waals surface area contributed by atoms with E-state index in [-0.39, 0.29) is 24.2 Å². The zero-order valence-electron chi connectivity index (χ0n) is 18.1. The van der Waals surface area contributed by atoms with Gasteiger partial charge in [-0.15, -0.1) is 0 Å². The average molecular weight is 432 g/mol. The summed E-state index contributed by atoms with van der Waals surface area (Å²) in [7, 11) is 4.56. The second-order valence-electron chi connectivity index (χ2n) is 6.57. The minimum atomic E-state index is -0.941. The number of esters is 1. The first kappa shape index (κ1) is 25.6. The number of aldehydes is 1. The molecule has 0 aliphatic heterocycles. The van der Waals surface area contributed by atoms with Gasteiger partial charge in [-0.3, -0.25) is 0 Å². The van der Waals surface area contributed by atoms with Crippen LogP contribution >= 0.6 is 0 Å². The summed E-state index contributed by atoms with van der Waals surface area (Å²) in [6.45, 7) is 1.91. The summed E-state index contributed by atoms with van der Waals surface area (Å²) in [6, 6.07) is 13.1. The first-order valence-electron chi connectivity index (χ1n) is 9.51. The van der Waals surface area contributed by atoms with Crippen LogP contribution in [0, 0.1) is 5.92 Å². The summed E-state index contributed by atoms with van der Waals surface area (Å²) in [6.07, 6.45) is 1.09. The third-order valence-corrected chi connectivity index (χ3v) is 4.22. The van der Waals surface area contributed by atoms with E-state index in [1.807, 2.05) is 0 Å². The topological polar surface area (TPSA) is 108 Å². The second-order valence-corrected chi connectivity index (χ2v) is 6.57. The van der Waals surface area contributed by atoms with Crippen molar-refractivity contribution in [2.45, 2.75) is 19.4 Å². The zero-order valence-corrected chi connectivity index (χ0v) is 18.1. The van der Waals surface area contributed by atoms with Gasteiger partial charge in [-0.05, 0) is 42.8 Å². The van der Waals surface area contributed by atoms with Crippen LogP contribution in [0.4, 0.5) is 0 Å². The van der Waals surface area contributed by atoms with Crippen LogP contribution < -0.4 is 9.47 Å². The SMILES string of the molecule is COc1cccc(C(=O)O)c1.COc1cccc(C(=O)OCC(CC(C)C=O)OC)c1. The van der Waals surface area contributed by atoms with E-state index >= 15 is 0 Å². The molecule has 1 N–H and O–H groups in total. The molecule has 8 nitrogen and oxygen atoms in total. The van der Waals surface area contributed by atoms with Gasteiger partial charge in [0.2, 0.25) is 0 Å². The number of carbonyl (C=O) groups excluding carboxylic acids is 2. The maximum absolute atomic E-state index is 11.9. The Morgan fingerprint density at radius 1 is 0.968 bits per heavy atom. The molecule has 2 rings (SSSR count). The highest BCUT2D eigenvalue weighted by Gasteiger charge is 2.16. The Balaban J connectivity index is 0.000000367. The van der Waals surface area contributed by atoms with Crippen LogP contribution in [-0.4, -0.2) is 57.4 Å². The van der Waals surface area contributed by atoms with Gasteiger partial charge in [0.05, 0.1) is 31.5 Å². The van der Waals surface area contributed by atoms with E-state index < -0.39 is 11.9 Å². The number of carboxylic acid groups (broad SMARTS) is 1. The first-order chi connectivity index (χ1) is 14.8. The van der Waals surface area contributed by atoms with Crippen molar-refractivity contribution in [3.8, 4) is 11.5 Å². The van der Waals surface area contributed by atoms with Crippen LogP contribution in [0.3, 0.4) is 0 Å². The number of ether oxygens (including phenoxy) is 4. The number of methoxy groups -OCH3 is 3. The molecule has 2 unspecified atom stereocenters. The lowest BCUT2D eigenvalue weighted by Crippen LogP contribution is -2.23. The summed E-state index contributed by atoms with van der Waals surface area (Å²) >= 11 is 0. The molecule has 0 saturated heterocycles. The van der Waals surface area contributed by atoms with E-state index in [1.54, 1.807) is 43.3 Å². The van der Waals surface area contributed by atoms with E-state index in [1.165, 1.54) is 33.5 Å². The first-order valence-corrected chi connectivity index (χ1v) is 9.51. The molecule has 31 heavy (non-hydrogen) atoms. The maximum atomic E-state index is 11.9. The Morgan fingerprint density at radius 2 is 1.52 bits per heavy atom. The van der Waals surface area contributed by atoms with Crippen molar-refractivity contribution in [2.24, 2.45) is 5.92 Å². The maximum Gasteiger partial charge on any atom is 0.338 e. The van der Waals surface area contributed by atoms with Gasteiger partial charge in [0, 0.05) is 13.0 Å². The van der Waals surface area contributed by atoms with Gasteiger partial charge in [-0.2, -0.15) is 0 Å². The number of rotatable bonds is 10. The molecule has 0 spiro atoms. The lowest BCUT2D eigenvalue weighted by atomic mass is 10.1. The molecule has 2 aromatic rings. The monoisotopic (exact) mass is 432 g/mol. The van der Waals surface area contributed by atoms with Crippen molar-refractivity contribution < 1.29 is 38.4 Å². The summed E-state index contributed by atoms with van der Waals surface area (Å²) < 4.78 is 20.3. The highest BCUT2D eigenvalue weighted by Crippen LogP contribution is 2.14. The van der Waals surface area contributed by atoms with Gasteiger partial charge in [0.1, 0.15) is 24.4 Å². The summed E-state index contributed by atoms with van der Waals surface area (Å²) in [5.74, 6) is -0.355. The van der Waals surface area contributed by atoms with E-state index in [9.17, 15) is 14.4 Å². The number of aromatic carboxylic acids is 1. The molecule has 0 aliphatic carbocycles. The van der Waals surface area contributed by atoms with Crippen molar-refractivity contribution in [1.29, 1.82) is 0 Å². The van der Waals surface area contributed by atoms with Crippen LogP contribution in [0.5, 0.6) is 11.5 Å². The lowest BCUT2D eigenvalue weighted by Gasteiger charge is -2.16. The molecule has 168 valence electrons. The standard InChI is InChI=1S/C15H20O5.C8H8O3/c1-11(9-16)7-14(19-3)10-20-15(17)12-5-4-6-13(8-12)18-2;1-11-7-4-2-3-6(5-7)8(9)10/h4-6,8-9,11,14H,7,10H2,1-3H3;2-5H,1H3,(H,9,10). The van der Waals surface area contributed by atoms with Crippen LogP contribution in [0.25, 0.3) is 0 Å². The van der Waals surface area contributed by atoms with Gasteiger partial charge in [-0.25, -0.2) is 9.59 Å². The van der Waals surface area contributed by atoms with Gasteiger partial charge >= 0.3 is 11.9 Å². The second kappa shape index (κ2) is 13.8. The summed E-state index contributed by atoms with van der Waals surface area (Å²) in [5.41, 5.74) is 0.659. The fourth-order valence-electron chi connectivity index (χ4n) is 2.46. The van der Waals surface area contributed by atoms with E-state index in [2.05, 4.69) is 0 Å². The fraction of sp³-hybridized carbons (Fsp3) is 0.348. The fourth-order valence-corrected chi connectivity index (χ4v) is 2.46. The Labute approximate surface area is 181 Å². The number of carboxylic acids is 1. The molecule has 0 radical (unpaired) electrons. The molecule has 8 heteroatoms. The predicted octanol–water partition coefficient (Wildman–Crippen LogP) is 3.49. The molecule has 0 heterocycles. The zero-order chi connectivity index (χ0) is 23.2. The largest absolute Gasteiger partial charge is 0.497 e. The van der Waals surface area contributed by atoms with Gasteiger partial charge in [0.25, 0.3) is 0 Å². The average Bonchev–Trinajstić information content (AvgIpc) is 2.81. The van der Waals surface area contributed by atoms with Crippen molar-refractivity contribution in [1.82, 2.24) is 0 Å². The normalized spacial score (nSPS) is 11.9. The van der Waals surface area contributed by atoms with Crippen molar-refractivity contribution >= 4 is 18.2 Å². The van der Waals surface area contributed by atoms with E-state index in [0.29, 0.717) is 23.5 Å². The summed E-state index contributed by atoms with van der Waals surface area (Å²) in [5, 5.41) is 8.55. The van der Waals surface area contributed by atoms with Gasteiger partial charge < -0.3 is 28.8 Å². The molecule has 0 saturated carbocycles. The van der Waals surface area contributed by atoms with Gasteiger partial charge in [0.15, 0.2) is 0 Å². The Morgan fingerprint density at radius 3 is 2.00 bits per heavy atom.